The van der Waals surface area contributed by atoms with E-state index in [0.717, 1.165) is 31.6 Å². The average molecular weight is 411 g/mol. The summed E-state index contributed by atoms with van der Waals surface area (Å²) in [4.78, 5) is 27.2. The normalized spacial score (nSPS) is 17.8. The Labute approximate surface area is 174 Å². The zero-order valence-corrected chi connectivity index (χ0v) is 16.6. The van der Waals surface area contributed by atoms with Crippen molar-refractivity contribution in [2.75, 3.05) is 24.5 Å². The molecule has 9 heteroatoms. The van der Waals surface area contributed by atoms with Gasteiger partial charge in [0.1, 0.15) is 17.6 Å². The van der Waals surface area contributed by atoms with Crippen LogP contribution in [0.5, 0.6) is 0 Å². The number of amides is 1. The van der Waals surface area contributed by atoms with Crippen LogP contribution in [0.25, 0.3) is 0 Å². The number of aliphatic imine (C=N–C) groups is 2. The number of nitrogens with two attached hydrogens (primary N) is 3. The maximum atomic E-state index is 13.1. The number of pyridine rings is 1. The summed E-state index contributed by atoms with van der Waals surface area (Å²) in [6, 6.07) is 9.37. The van der Waals surface area contributed by atoms with Gasteiger partial charge < -0.3 is 22.1 Å². The first-order chi connectivity index (χ1) is 14.4. The van der Waals surface area contributed by atoms with Crippen LogP contribution in [0, 0.1) is 11.7 Å². The molecule has 1 fully saturated rings. The Balaban J connectivity index is 1.73. The van der Waals surface area contributed by atoms with Crippen molar-refractivity contribution < 1.29 is 9.18 Å². The standard InChI is InChI=1S/C21H26FN7O/c22-15-3-5-16(6-4-15)28-19(24)18(20(25)30)13-27-21(14-23)7-10-29(11-8-21)17-2-1-9-26-12-17/h1-6,9,12-13,18H,7-8,10-11,14,23H2,(H2,24,28)(H2,25,30). The van der Waals surface area contributed by atoms with Crippen LogP contribution in [-0.2, 0) is 4.79 Å². The van der Waals surface area contributed by atoms with Gasteiger partial charge in [-0.15, -0.1) is 0 Å². The maximum Gasteiger partial charge on any atom is 0.233 e. The predicted molar refractivity (Wildman–Crippen MR) is 116 cm³/mol. The van der Waals surface area contributed by atoms with E-state index < -0.39 is 17.4 Å². The number of anilines is 1. The molecular weight excluding hydrogens is 385 g/mol. The first kappa shape index (κ1) is 21.4. The molecule has 1 unspecified atom stereocenters. The fourth-order valence-corrected chi connectivity index (χ4v) is 3.37. The molecule has 1 aromatic heterocycles. The predicted octanol–water partition coefficient (Wildman–Crippen LogP) is 1.38. The summed E-state index contributed by atoms with van der Waals surface area (Å²) >= 11 is 0. The molecule has 2 aromatic rings. The maximum absolute atomic E-state index is 13.1. The third-order valence-corrected chi connectivity index (χ3v) is 5.29. The van der Waals surface area contributed by atoms with Crippen LogP contribution in [0.1, 0.15) is 12.8 Å². The summed E-state index contributed by atoms with van der Waals surface area (Å²) in [5.74, 6) is -2.03. The molecule has 1 amide bonds. The summed E-state index contributed by atoms with van der Waals surface area (Å²) < 4.78 is 13.1. The topological polar surface area (TPSA) is 136 Å². The van der Waals surface area contributed by atoms with E-state index in [2.05, 4.69) is 19.9 Å². The highest BCUT2D eigenvalue weighted by Crippen LogP contribution is 2.28. The van der Waals surface area contributed by atoms with Crippen molar-refractivity contribution in [1.29, 1.82) is 0 Å². The molecule has 1 aromatic carbocycles. The Morgan fingerprint density at radius 1 is 1.23 bits per heavy atom. The van der Waals surface area contributed by atoms with Gasteiger partial charge in [-0.05, 0) is 49.2 Å². The number of hydrogen-bond acceptors (Lipinski definition) is 6. The van der Waals surface area contributed by atoms with Gasteiger partial charge in [-0.1, -0.05) is 0 Å². The summed E-state index contributed by atoms with van der Waals surface area (Å²) in [5, 5.41) is 0. The largest absolute Gasteiger partial charge is 0.386 e. The Morgan fingerprint density at radius 3 is 2.50 bits per heavy atom. The quantitative estimate of drug-likeness (QED) is 0.467. The van der Waals surface area contributed by atoms with Crippen LogP contribution < -0.4 is 22.1 Å². The van der Waals surface area contributed by atoms with Gasteiger partial charge in [-0.25, -0.2) is 9.38 Å². The lowest BCUT2D eigenvalue weighted by molar-refractivity contribution is -0.118. The van der Waals surface area contributed by atoms with Crippen molar-refractivity contribution in [1.82, 2.24) is 4.98 Å². The number of benzene rings is 1. The highest BCUT2D eigenvalue weighted by atomic mass is 19.1. The van der Waals surface area contributed by atoms with Gasteiger partial charge in [0.15, 0.2) is 0 Å². The molecule has 8 nitrogen and oxygen atoms in total. The molecule has 30 heavy (non-hydrogen) atoms. The number of nitrogens with zero attached hydrogens (tertiary/aromatic N) is 4. The SMILES string of the molecule is NCC1(N=CC(C(N)=O)C(N)=Nc2ccc(F)cc2)CCN(c2cccnc2)CC1. The van der Waals surface area contributed by atoms with Crippen molar-refractivity contribution in [3.63, 3.8) is 0 Å². The van der Waals surface area contributed by atoms with Gasteiger partial charge in [0.2, 0.25) is 5.91 Å². The summed E-state index contributed by atoms with van der Waals surface area (Å²) in [6.45, 7) is 1.87. The molecule has 0 aliphatic carbocycles. The van der Waals surface area contributed by atoms with Crippen LogP contribution in [0.3, 0.4) is 0 Å². The van der Waals surface area contributed by atoms with Crippen LogP contribution in [0.4, 0.5) is 15.8 Å². The Hall–Kier alpha value is -3.33. The van der Waals surface area contributed by atoms with Crippen molar-refractivity contribution in [2.45, 2.75) is 18.4 Å². The van der Waals surface area contributed by atoms with Gasteiger partial charge in [0.05, 0.1) is 23.1 Å². The number of amidine groups is 1. The van der Waals surface area contributed by atoms with Gasteiger partial charge >= 0.3 is 0 Å². The van der Waals surface area contributed by atoms with E-state index in [4.69, 9.17) is 17.2 Å². The van der Waals surface area contributed by atoms with Crippen LogP contribution >= 0.6 is 0 Å². The number of hydrogen-bond donors (Lipinski definition) is 3. The van der Waals surface area contributed by atoms with E-state index >= 15 is 0 Å². The zero-order valence-electron chi connectivity index (χ0n) is 16.6. The van der Waals surface area contributed by atoms with Gasteiger partial charge in [-0.2, -0.15) is 0 Å². The number of carbonyl (C=O) groups is 1. The highest BCUT2D eigenvalue weighted by Gasteiger charge is 2.33. The summed E-state index contributed by atoms with van der Waals surface area (Å²) in [7, 11) is 0. The molecule has 1 atom stereocenters. The van der Waals surface area contributed by atoms with E-state index in [1.165, 1.54) is 30.5 Å². The second kappa shape index (κ2) is 9.45. The number of carbonyl (C=O) groups excluding carboxylic acids is 1. The Kier molecular flexibility index (Phi) is 6.73. The lowest BCUT2D eigenvalue weighted by Crippen LogP contribution is -2.48. The highest BCUT2D eigenvalue weighted by molar-refractivity contribution is 6.14. The third-order valence-electron chi connectivity index (χ3n) is 5.29. The van der Waals surface area contributed by atoms with E-state index in [-0.39, 0.29) is 11.7 Å². The molecule has 0 saturated carbocycles. The lowest BCUT2D eigenvalue weighted by Gasteiger charge is -2.39. The molecule has 1 aliphatic rings. The molecule has 6 N–H and O–H groups in total. The van der Waals surface area contributed by atoms with Crippen LogP contribution in [0.15, 0.2) is 58.8 Å². The zero-order chi connectivity index (χ0) is 21.6. The lowest BCUT2D eigenvalue weighted by atomic mass is 9.88. The first-order valence-corrected chi connectivity index (χ1v) is 9.72. The molecule has 158 valence electrons. The van der Waals surface area contributed by atoms with Crippen molar-refractivity contribution in [3.05, 3.63) is 54.6 Å². The van der Waals surface area contributed by atoms with Gasteiger partial charge in [0.25, 0.3) is 0 Å². The van der Waals surface area contributed by atoms with E-state index in [9.17, 15) is 9.18 Å². The van der Waals surface area contributed by atoms with Gasteiger partial charge in [-0.3, -0.25) is 14.8 Å². The average Bonchev–Trinajstić information content (AvgIpc) is 2.76. The van der Waals surface area contributed by atoms with E-state index in [0.29, 0.717) is 12.2 Å². The fraction of sp³-hybridized carbons (Fsp3) is 0.333. The van der Waals surface area contributed by atoms with E-state index in [1.54, 1.807) is 6.20 Å². The minimum absolute atomic E-state index is 0.00201. The number of primary amides is 1. The third kappa shape index (κ3) is 5.18. The Morgan fingerprint density at radius 2 is 1.93 bits per heavy atom. The van der Waals surface area contributed by atoms with Gasteiger partial charge in [0, 0.05) is 32.0 Å². The van der Waals surface area contributed by atoms with Crippen molar-refractivity contribution in [3.8, 4) is 0 Å². The molecule has 2 heterocycles. The monoisotopic (exact) mass is 411 g/mol. The van der Waals surface area contributed by atoms with Crippen LogP contribution in [0.2, 0.25) is 0 Å². The Bertz CT molecular complexity index is 907. The number of piperidine rings is 1. The second-order valence-electron chi connectivity index (χ2n) is 7.30. The fourth-order valence-electron chi connectivity index (χ4n) is 3.37. The smallest absolute Gasteiger partial charge is 0.233 e. The molecule has 1 saturated heterocycles. The molecule has 1 aliphatic heterocycles. The second-order valence-corrected chi connectivity index (χ2v) is 7.30. The number of rotatable bonds is 7. The minimum atomic E-state index is -0.977. The summed E-state index contributed by atoms with van der Waals surface area (Å²) in [5.41, 5.74) is 18.5. The molecule has 3 rings (SSSR count). The van der Waals surface area contributed by atoms with Crippen LogP contribution in [-0.4, -0.2) is 48.1 Å². The minimum Gasteiger partial charge on any atom is -0.386 e. The number of halogens is 1. The molecule has 0 spiro atoms. The molecule has 0 bridgehead atoms. The molecule has 0 radical (unpaired) electrons. The van der Waals surface area contributed by atoms with Crippen molar-refractivity contribution in [2.24, 2.45) is 33.1 Å². The van der Waals surface area contributed by atoms with E-state index in [1.807, 2.05) is 18.3 Å². The molecular formula is C21H26FN7O. The van der Waals surface area contributed by atoms with Crippen molar-refractivity contribution >= 4 is 29.3 Å². The first-order valence-electron chi connectivity index (χ1n) is 9.72. The summed E-state index contributed by atoms with van der Waals surface area (Å²) in [6.07, 6.45) is 6.44. The number of aromatic nitrogens is 1.